The minimum atomic E-state index is -3.04. The topological polar surface area (TPSA) is 49.4 Å². The van der Waals surface area contributed by atoms with Gasteiger partial charge in [0.2, 0.25) is 10.0 Å². The summed E-state index contributed by atoms with van der Waals surface area (Å²) in [5.41, 5.74) is 0. The lowest BCUT2D eigenvalue weighted by Gasteiger charge is -2.31. The third-order valence-corrected chi connectivity index (χ3v) is 6.38. The third-order valence-electron chi connectivity index (χ3n) is 3.08. The Hall–Kier alpha value is 0.220. The Morgan fingerprint density at radius 1 is 1.44 bits per heavy atom. The lowest BCUT2D eigenvalue weighted by atomic mass is 10.3. The van der Waals surface area contributed by atoms with E-state index in [1.165, 1.54) is 0 Å². The number of nitrogens with zero attached hydrogens (tertiary/aromatic N) is 1. The number of thioether (sulfide) groups is 1. The molecule has 1 atom stereocenters. The first-order chi connectivity index (χ1) is 8.45. The van der Waals surface area contributed by atoms with Crippen LogP contribution >= 0.6 is 11.8 Å². The fourth-order valence-electron chi connectivity index (χ4n) is 1.97. The van der Waals surface area contributed by atoms with Gasteiger partial charge in [-0.15, -0.1) is 0 Å². The van der Waals surface area contributed by atoms with Crippen LogP contribution in [-0.2, 0) is 10.0 Å². The van der Waals surface area contributed by atoms with E-state index in [1.54, 1.807) is 4.31 Å². The van der Waals surface area contributed by atoms with Crippen molar-refractivity contribution in [3.8, 4) is 0 Å². The quantitative estimate of drug-likeness (QED) is 0.724. The summed E-state index contributed by atoms with van der Waals surface area (Å²) >= 11 is 1.90. The van der Waals surface area contributed by atoms with Crippen LogP contribution in [0.2, 0.25) is 0 Å². The van der Waals surface area contributed by atoms with Gasteiger partial charge < -0.3 is 5.32 Å². The Kier molecular flexibility index (Phi) is 6.98. The van der Waals surface area contributed by atoms with E-state index in [4.69, 9.17) is 0 Å². The predicted molar refractivity (Wildman–Crippen MR) is 79.7 cm³/mol. The van der Waals surface area contributed by atoms with Crippen molar-refractivity contribution in [2.75, 3.05) is 31.1 Å². The van der Waals surface area contributed by atoms with Crippen molar-refractivity contribution in [1.29, 1.82) is 0 Å². The molecule has 1 unspecified atom stereocenters. The first kappa shape index (κ1) is 16.3. The van der Waals surface area contributed by atoms with E-state index in [0.717, 1.165) is 18.7 Å². The molecule has 4 nitrogen and oxygen atoms in total. The summed E-state index contributed by atoms with van der Waals surface area (Å²) in [5, 5.41) is 3.73. The molecule has 1 N–H and O–H groups in total. The summed E-state index contributed by atoms with van der Waals surface area (Å²) in [5.74, 6) is 1.20. The number of hydrogen-bond donors (Lipinski definition) is 1. The molecule has 18 heavy (non-hydrogen) atoms. The fourth-order valence-corrected chi connectivity index (χ4v) is 4.90. The van der Waals surface area contributed by atoms with Crippen LogP contribution in [0.3, 0.4) is 0 Å². The second-order valence-corrected chi connectivity index (χ2v) is 8.53. The average molecular weight is 294 g/mol. The van der Waals surface area contributed by atoms with Gasteiger partial charge in [0, 0.05) is 30.1 Å². The van der Waals surface area contributed by atoms with E-state index in [2.05, 4.69) is 26.1 Å². The normalized spacial score (nSPS) is 22.6. The highest BCUT2D eigenvalue weighted by molar-refractivity contribution is 8.00. The Morgan fingerprint density at radius 2 is 2.17 bits per heavy atom. The van der Waals surface area contributed by atoms with Crippen molar-refractivity contribution < 1.29 is 8.42 Å². The highest BCUT2D eigenvalue weighted by atomic mass is 32.2. The number of rotatable bonds is 7. The highest BCUT2D eigenvalue weighted by Crippen LogP contribution is 2.23. The van der Waals surface area contributed by atoms with Gasteiger partial charge in [-0.3, -0.25) is 0 Å². The van der Waals surface area contributed by atoms with Crippen molar-refractivity contribution in [3.05, 3.63) is 0 Å². The van der Waals surface area contributed by atoms with Crippen molar-refractivity contribution >= 4 is 21.8 Å². The van der Waals surface area contributed by atoms with E-state index >= 15 is 0 Å². The van der Waals surface area contributed by atoms with Gasteiger partial charge in [-0.1, -0.05) is 20.8 Å². The minimum absolute atomic E-state index is 0.272. The van der Waals surface area contributed by atoms with Crippen LogP contribution in [0.4, 0.5) is 0 Å². The molecule has 1 rings (SSSR count). The van der Waals surface area contributed by atoms with Gasteiger partial charge in [0.1, 0.15) is 0 Å². The molecule has 0 spiro atoms. The summed E-state index contributed by atoms with van der Waals surface area (Å²) in [6, 6.07) is 0.420. The van der Waals surface area contributed by atoms with Gasteiger partial charge in [-0.2, -0.15) is 16.1 Å². The number of hydrogen-bond acceptors (Lipinski definition) is 4. The van der Waals surface area contributed by atoms with Crippen LogP contribution in [0.5, 0.6) is 0 Å². The molecule has 1 aliphatic heterocycles. The summed E-state index contributed by atoms with van der Waals surface area (Å²) < 4.78 is 26.0. The molecule has 0 aromatic carbocycles. The summed E-state index contributed by atoms with van der Waals surface area (Å²) in [6.45, 7) is 8.42. The third kappa shape index (κ3) is 5.47. The van der Waals surface area contributed by atoms with E-state index in [0.29, 0.717) is 30.8 Å². The maximum Gasteiger partial charge on any atom is 0.214 e. The maximum atomic E-state index is 12.2. The molecular formula is C12H26N2O2S2. The van der Waals surface area contributed by atoms with Gasteiger partial charge in [-0.25, -0.2) is 8.42 Å². The maximum absolute atomic E-state index is 12.2. The second-order valence-electron chi connectivity index (χ2n) is 5.04. The first-order valence-corrected chi connectivity index (χ1v) is 9.44. The molecule has 0 bridgehead atoms. The van der Waals surface area contributed by atoms with Crippen LogP contribution < -0.4 is 5.32 Å². The van der Waals surface area contributed by atoms with Gasteiger partial charge in [0.05, 0.1) is 5.75 Å². The Labute approximate surface area is 116 Å². The lowest BCUT2D eigenvalue weighted by molar-refractivity contribution is 0.414. The largest absolute Gasteiger partial charge is 0.314 e. The summed E-state index contributed by atoms with van der Waals surface area (Å²) in [7, 11) is -3.04. The monoisotopic (exact) mass is 294 g/mol. The van der Waals surface area contributed by atoms with E-state index in [-0.39, 0.29) is 5.75 Å². The lowest BCUT2D eigenvalue weighted by Crippen LogP contribution is -2.43. The molecule has 1 saturated heterocycles. The van der Waals surface area contributed by atoms with Gasteiger partial charge in [-0.05, 0) is 19.4 Å². The van der Waals surface area contributed by atoms with Gasteiger partial charge >= 0.3 is 0 Å². The molecule has 0 aromatic heterocycles. The Balaban J connectivity index is 2.38. The van der Waals surface area contributed by atoms with Crippen LogP contribution in [0.25, 0.3) is 0 Å². The molecule has 0 aromatic rings. The molecule has 6 heteroatoms. The van der Waals surface area contributed by atoms with E-state index < -0.39 is 10.0 Å². The molecule has 1 fully saturated rings. The predicted octanol–water partition coefficient (Wildman–Crippen LogP) is 1.53. The molecule has 0 radical (unpaired) electrons. The van der Waals surface area contributed by atoms with Crippen LogP contribution in [0, 0.1) is 0 Å². The highest BCUT2D eigenvalue weighted by Gasteiger charge is 2.27. The number of sulfonamides is 1. The van der Waals surface area contributed by atoms with Crippen molar-refractivity contribution in [3.63, 3.8) is 0 Å². The van der Waals surface area contributed by atoms with Crippen molar-refractivity contribution in [2.24, 2.45) is 0 Å². The first-order valence-electron chi connectivity index (χ1n) is 6.78. The molecule has 1 aliphatic rings. The van der Waals surface area contributed by atoms with Gasteiger partial charge in [0.25, 0.3) is 0 Å². The average Bonchev–Trinajstić information content (AvgIpc) is 2.34. The van der Waals surface area contributed by atoms with Gasteiger partial charge in [0.15, 0.2) is 0 Å². The standard InChI is InChI=1S/C12H26N2O2S2/c1-4-12-10-14(7-8-17-12)18(15,16)9-5-6-13-11(2)3/h11-13H,4-10H2,1-3H3. The Morgan fingerprint density at radius 3 is 2.78 bits per heavy atom. The SMILES string of the molecule is CCC1CN(S(=O)(=O)CCCNC(C)C)CCS1. The smallest absolute Gasteiger partial charge is 0.214 e. The van der Waals surface area contributed by atoms with Crippen LogP contribution in [0.15, 0.2) is 0 Å². The molecule has 0 amide bonds. The summed E-state index contributed by atoms with van der Waals surface area (Å²) in [6.07, 6.45) is 1.74. The van der Waals surface area contributed by atoms with Crippen LogP contribution in [-0.4, -0.2) is 55.2 Å². The molecular weight excluding hydrogens is 268 g/mol. The second kappa shape index (κ2) is 7.72. The minimum Gasteiger partial charge on any atom is -0.314 e. The zero-order chi connectivity index (χ0) is 13.6. The van der Waals surface area contributed by atoms with E-state index in [1.807, 2.05) is 11.8 Å². The number of nitrogens with one attached hydrogen (secondary N) is 1. The fraction of sp³-hybridized carbons (Fsp3) is 1.00. The van der Waals surface area contributed by atoms with Crippen LogP contribution in [0.1, 0.15) is 33.6 Å². The molecule has 0 saturated carbocycles. The Bertz CT molecular complexity index is 331. The van der Waals surface area contributed by atoms with Crippen molar-refractivity contribution in [1.82, 2.24) is 9.62 Å². The molecule has 1 heterocycles. The summed E-state index contributed by atoms with van der Waals surface area (Å²) in [4.78, 5) is 0. The molecule has 0 aliphatic carbocycles. The zero-order valence-electron chi connectivity index (χ0n) is 11.7. The van der Waals surface area contributed by atoms with Crippen molar-refractivity contribution in [2.45, 2.75) is 44.9 Å². The zero-order valence-corrected chi connectivity index (χ0v) is 13.3. The molecule has 108 valence electrons. The van der Waals surface area contributed by atoms with E-state index in [9.17, 15) is 8.42 Å².